The van der Waals surface area contributed by atoms with Crippen LogP contribution in [0.1, 0.15) is 32.7 Å². The fraction of sp³-hybridized carbons (Fsp3) is 0.125. The largest absolute Gasteiger partial charge is 0.327 e. The van der Waals surface area contributed by atoms with Crippen molar-refractivity contribution in [3.63, 3.8) is 0 Å². The number of aromatic nitrogens is 2. The Kier molecular flexibility index (Phi) is 4.80. The smallest absolute Gasteiger partial charge is 0.202 e. The van der Waals surface area contributed by atoms with Crippen LogP contribution in [0.25, 0.3) is 11.0 Å². The zero-order valence-electron chi connectivity index (χ0n) is 16.1. The van der Waals surface area contributed by atoms with Crippen LogP contribution in [0, 0.1) is 19.7 Å². The number of fused-ring (bicyclic) bond motifs is 1. The van der Waals surface area contributed by atoms with Gasteiger partial charge in [0.25, 0.3) is 0 Å². The van der Waals surface area contributed by atoms with Crippen LogP contribution in [0.4, 0.5) is 4.39 Å². The lowest BCUT2D eigenvalue weighted by Gasteiger charge is -2.14. The zero-order chi connectivity index (χ0) is 20.5. The molecule has 144 valence electrons. The molecule has 5 heteroatoms. The Labute approximate surface area is 167 Å². The fourth-order valence-corrected chi connectivity index (χ4v) is 3.31. The van der Waals surface area contributed by atoms with E-state index >= 15 is 0 Å². The van der Waals surface area contributed by atoms with Crippen LogP contribution < -0.4 is 5.43 Å². The second-order valence-electron chi connectivity index (χ2n) is 7.11. The summed E-state index contributed by atoms with van der Waals surface area (Å²) in [7, 11) is 0. The number of carbonyl (C=O) groups is 1. The normalized spacial score (nSPS) is 11.0. The Bertz CT molecular complexity index is 1290. The molecule has 4 nitrogen and oxygen atoms in total. The number of pyridine rings is 2. The summed E-state index contributed by atoms with van der Waals surface area (Å²) in [5.74, 6) is -0.710. The highest BCUT2D eigenvalue weighted by Gasteiger charge is 2.18. The van der Waals surface area contributed by atoms with E-state index in [-0.39, 0.29) is 29.1 Å². The number of nitrogens with zero attached hydrogens (tertiary/aromatic N) is 2. The van der Waals surface area contributed by atoms with Gasteiger partial charge in [0.15, 0.2) is 5.78 Å². The van der Waals surface area contributed by atoms with E-state index in [1.54, 1.807) is 47.0 Å². The van der Waals surface area contributed by atoms with E-state index in [4.69, 9.17) is 0 Å². The molecular weight excluding hydrogens is 367 g/mol. The quantitative estimate of drug-likeness (QED) is 0.488. The van der Waals surface area contributed by atoms with Gasteiger partial charge >= 0.3 is 0 Å². The van der Waals surface area contributed by atoms with Crippen molar-refractivity contribution in [2.24, 2.45) is 0 Å². The third kappa shape index (κ3) is 3.59. The molecule has 0 N–H and O–H groups in total. The Balaban J connectivity index is 1.92. The van der Waals surface area contributed by atoms with Gasteiger partial charge in [-0.15, -0.1) is 0 Å². The van der Waals surface area contributed by atoms with Crippen LogP contribution in [0.3, 0.4) is 0 Å². The first-order valence-corrected chi connectivity index (χ1v) is 9.29. The number of hydrogen-bond acceptors (Lipinski definition) is 3. The first kappa shape index (κ1) is 18.7. The van der Waals surface area contributed by atoms with E-state index in [0.717, 1.165) is 11.3 Å². The van der Waals surface area contributed by atoms with E-state index in [1.807, 2.05) is 26.0 Å². The Morgan fingerprint density at radius 1 is 1.00 bits per heavy atom. The lowest BCUT2D eigenvalue weighted by Crippen LogP contribution is -2.21. The van der Waals surface area contributed by atoms with Crippen molar-refractivity contribution in [1.29, 1.82) is 0 Å². The second kappa shape index (κ2) is 7.43. The lowest BCUT2D eigenvalue weighted by atomic mass is 10.0. The van der Waals surface area contributed by atoms with Crippen LogP contribution in [0.5, 0.6) is 0 Å². The van der Waals surface area contributed by atoms with Gasteiger partial charge in [0.05, 0.1) is 17.5 Å². The summed E-state index contributed by atoms with van der Waals surface area (Å²) in [6, 6.07) is 16.9. The summed E-state index contributed by atoms with van der Waals surface area (Å²) in [4.78, 5) is 30.6. The molecule has 2 aromatic heterocycles. The second-order valence-corrected chi connectivity index (χ2v) is 7.11. The molecule has 0 saturated heterocycles. The van der Waals surface area contributed by atoms with E-state index in [9.17, 15) is 14.0 Å². The molecule has 0 aliphatic rings. The van der Waals surface area contributed by atoms with Crippen LogP contribution in [-0.4, -0.2) is 15.3 Å². The standard InChI is InChI=1S/C24H19FN2O2/c1-15-7-10-17(11-8-15)22(28)20-14-27(13-18-5-3-4-6-21(18)25)24-19(23(20)29)12-9-16(2)26-24/h3-12,14H,13H2,1-2H3. The maximum atomic E-state index is 14.2. The van der Waals surface area contributed by atoms with Gasteiger partial charge in [-0.3, -0.25) is 9.59 Å². The molecular formula is C24H19FN2O2. The molecule has 29 heavy (non-hydrogen) atoms. The molecule has 4 aromatic rings. The first-order chi connectivity index (χ1) is 13.9. The van der Waals surface area contributed by atoms with Crippen molar-refractivity contribution in [3.8, 4) is 0 Å². The summed E-state index contributed by atoms with van der Waals surface area (Å²) in [5, 5.41) is 0.338. The molecule has 2 aromatic carbocycles. The third-order valence-electron chi connectivity index (χ3n) is 4.92. The van der Waals surface area contributed by atoms with Gasteiger partial charge in [-0.2, -0.15) is 0 Å². The number of carbonyl (C=O) groups excluding carboxylic acids is 1. The Morgan fingerprint density at radius 2 is 1.72 bits per heavy atom. The van der Waals surface area contributed by atoms with Crippen LogP contribution in [-0.2, 0) is 6.54 Å². The molecule has 0 unspecified atom stereocenters. The van der Waals surface area contributed by atoms with Crippen LogP contribution in [0.15, 0.2) is 71.7 Å². The molecule has 0 bridgehead atoms. The summed E-state index contributed by atoms with van der Waals surface area (Å²) in [5.41, 5.74) is 2.75. The molecule has 0 aliphatic heterocycles. The number of aryl methyl sites for hydroxylation is 2. The Hall–Kier alpha value is -3.60. The van der Waals surface area contributed by atoms with Gasteiger partial charge in [0.1, 0.15) is 11.5 Å². The zero-order valence-corrected chi connectivity index (χ0v) is 16.1. The maximum Gasteiger partial charge on any atom is 0.202 e. The minimum absolute atomic E-state index is 0.0448. The van der Waals surface area contributed by atoms with Gasteiger partial charge < -0.3 is 4.57 Å². The fourth-order valence-electron chi connectivity index (χ4n) is 3.31. The first-order valence-electron chi connectivity index (χ1n) is 9.29. The van der Waals surface area contributed by atoms with Crippen molar-refractivity contribution in [2.75, 3.05) is 0 Å². The molecule has 0 aliphatic carbocycles. The van der Waals surface area contributed by atoms with Gasteiger partial charge in [0.2, 0.25) is 5.43 Å². The van der Waals surface area contributed by atoms with Crippen LogP contribution >= 0.6 is 0 Å². The van der Waals surface area contributed by atoms with Crippen molar-refractivity contribution >= 4 is 16.8 Å². The highest BCUT2D eigenvalue weighted by Crippen LogP contribution is 2.17. The van der Waals surface area contributed by atoms with Gasteiger partial charge in [-0.25, -0.2) is 9.37 Å². The maximum absolute atomic E-state index is 14.2. The molecule has 0 radical (unpaired) electrons. The molecule has 0 saturated carbocycles. The summed E-state index contributed by atoms with van der Waals surface area (Å²) in [6.45, 7) is 3.91. The molecule has 0 amide bonds. The summed E-state index contributed by atoms with van der Waals surface area (Å²) >= 11 is 0. The van der Waals surface area contributed by atoms with Gasteiger partial charge in [-0.05, 0) is 32.0 Å². The van der Waals surface area contributed by atoms with Crippen molar-refractivity contribution < 1.29 is 9.18 Å². The van der Waals surface area contributed by atoms with Crippen molar-refractivity contribution in [3.05, 3.63) is 111 Å². The predicted octanol–water partition coefficient (Wildman–Crippen LogP) is 4.43. The average molecular weight is 386 g/mol. The van der Waals surface area contributed by atoms with Crippen molar-refractivity contribution in [2.45, 2.75) is 20.4 Å². The van der Waals surface area contributed by atoms with E-state index < -0.39 is 0 Å². The molecule has 0 spiro atoms. The van der Waals surface area contributed by atoms with E-state index in [0.29, 0.717) is 22.2 Å². The molecule has 4 rings (SSSR count). The number of benzene rings is 2. The van der Waals surface area contributed by atoms with Crippen LogP contribution in [0.2, 0.25) is 0 Å². The molecule has 0 atom stereocenters. The SMILES string of the molecule is Cc1ccc(C(=O)c2cn(Cc3ccccc3F)c3nc(C)ccc3c2=O)cc1. The number of rotatable bonds is 4. The van der Waals surface area contributed by atoms with E-state index in [2.05, 4.69) is 4.98 Å². The molecule has 2 heterocycles. The average Bonchev–Trinajstić information content (AvgIpc) is 2.71. The number of hydrogen-bond donors (Lipinski definition) is 0. The summed E-state index contributed by atoms with van der Waals surface area (Å²) < 4.78 is 15.9. The minimum atomic E-state index is -0.372. The van der Waals surface area contributed by atoms with Gasteiger partial charge in [0, 0.05) is 23.0 Å². The number of ketones is 1. The van der Waals surface area contributed by atoms with Crippen molar-refractivity contribution in [1.82, 2.24) is 9.55 Å². The number of halogens is 1. The highest BCUT2D eigenvalue weighted by atomic mass is 19.1. The third-order valence-corrected chi connectivity index (χ3v) is 4.92. The monoisotopic (exact) mass is 386 g/mol. The minimum Gasteiger partial charge on any atom is -0.327 e. The molecule has 0 fully saturated rings. The summed E-state index contributed by atoms with van der Waals surface area (Å²) in [6.07, 6.45) is 1.49. The topological polar surface area (TPSA) is 52.0 Å². The van der Waals surface area contributed by atoms with Gasteiger partial charge in [-0.1, -0.05) is 48.0 Å². The predicted molar refractivity (Wildman–Crippen MR) is 111 cm³/mol. The lowest BCUT2D eigenvalue weighted by molar-refractivity contribution is 0.103. The van der Waals surface area contributed by atoms with E-state index in [1.165, 1.54) is 12.3 Å². The Morgan fingerprint density at radius 3 is 2.45 bits per heavy atom. The highest BCUT2D eigenvalue weighted by molar-refractivity contribution is 6.10.